The molecule has 2 aromatic rings. The molecular formula is C14H14Br2N2O2S. The van der Waals surface area contributed by atoms with Gasteiger partial charge in [0.1, 0.15) is 0 Å². The molecule has 0 aliphatic carbocycles. The van der Waals surface area contributed by atoms with Crippen LogP contribution in [0.1, 0.15) is 5.56 Å². The summed E-state index contributed by atoms with van der Waals surface area (Å²) in [6.45, 7) is 0.480. The zero-order chi connectivity index (χ0) is 15.5. The minimum Gasteiger partial charge on any atom is -0.316 e. The van der Waals surface area contributed by atoms with E-state index in [4.69, 9.17) is 0 Å². The highest BCUT2D eigenvalue weighted by molar-refractivity contribution is 9.11. The highest BCUT2D eigenvalue weighted by Crippen LogP contribution is 2.32. The van der Waals surface area contributed by atoms with Gasteiger partial charge in [-0.1, -0.05) is 24.3 Å². The molecule has 0 atom stereocenters. The summed E-state index contributed by atoms with van der Waals surface area (Å²) in [7, 11) is -1.88. The molecule has 0 aliphatic heterocycles. The molecule has 2 N–H and O–H groups in total. The Kier molecular flexibility index (Phi) is 5.43. The van der Waals surface area contributed by atoms with Crippen LogP contribution in [0.3, 0.4) is 0 Å². The first kappa shape index (κ1) is 16.5. The van der Waals surface area contributed by atoms with E-state index in [9.17, 15) is 8.42 Å². The topological polar surface area (TPSA) is 58.2 Å². The smallest absolute Gasteiger partial charge is 0.262 e. The molecule has 0 spiro atoms. The van der Waals surface area contributed by atoms with Crippen molar-refractivity contribution in [3.8, 4) is 0 Å². The first-order chi connectivity index (χ1) is 9.95. The second kappa shape index (κ2) is 6.91. The van der Waals surface area contributed by atoms with Crippen LogP contribution in [0, 0.1) is 0 Å². The van der Waals surface area contributed by atoms with E-state index < -0.39 is 10.0 Å². The molecule has 0 bridgehead atoms. The number of hydrogen-bond donors (Lipinski definition) is 2. The van der Waals surface area contributed by atoms with Gasteiger partial charge in [-0.3, -0.25) is 4.72 Å². The van der Waals surface area contributed by atoms with Crippen LogP contribution in [0.4, 0.5) is 5.69 Å². The van der Waals surface area contributed by atoms with E-state index >= 15 is 0 Å². The highest BCUT2D eigenvalue weighted by atomic mass is 79.9. The standard InChI is InChI=1S/C14H14Br2N2O2S/c1-17-9-10-5-2-3-8-13(10)21(19,20)18-14-11(15)6-4-7-12(14)16/h2-8,17-18H,9H2,1H3. The van der Waals surface area contributed by atoms with Crippen LogP contribution in [0.15, 0.2) is 56.3 Å². The summed E-state index contributed by atoms with van der Waals surface area (Å²) in [6, 6.07) is 12.3. The molecule has 0 unspecified atom stereocenters. The number of anilines is 1. The number of para-hydroxylation sites is 1. The van der Waals surface area contributed by atoms with Gasteiger partial charge in [0, 0.05) is 15.5 Å². The SMILES string of the molecule is CNCc1ccccc1S(=O)(=O)Nc1c(Br)cccc1Br. The molecule has 0 radical (unpaired) electrons. The molecule has 7 heteroatoms. The normalized spacial score (nSPS) is 11.4. The van der Waals surface area contributed by atoms with Crippen molar-refractivity contribution in [3.05, 3.63) is 57.0 Å². The lowest BCUT2D eigenvalue weighted by Gasteiger charge is -2.14. The third-order valence-corrected chi connectivity index (χ3v) is 5.60. The maximum Gasteiger partial charge on any atom is 0.262 e. The summed E-state index contributed by atoms with van der Waals surface area (Å²) >= 11 is 6.70. The van der Waals surface area contributed by atoms with Crippen molar-refractivity contribution in [1.82, 2.24) is 5.32 Å². The van der Waals surface area contributed by atoms with E-state index in [-0.39, 0.29) is 4.90 Å². The number of hydrogen-bond acceptors (Lipinski definition) is 3. The van der Waals surface area contributed by atoms with Crippen LogP contribution in [-0.2, 0) is 16.6 Å². The van der Waals surface area contributed by atoms with E-state index in [1.165, 1.54) is 0 Å². The average molecular weight is 434 g/mol. The van der Waals surface area contributed by atoms with Gasteiger partial charge in [0.25, 0.3) is 10.0 Å². The first-order valence-corrected chi connectivity index (χ1v) is 9.22. The number of benzene rings is 2. The molecule has 0 saturated heterocycles. The van der Waals surface area contributed by atoms with Crippen LogP contribution in [0.25, 0.3) is 0 Å². The second-order valence-corrected chi connectivity index (χ2v) is 7.70. The third kappa shape index (κ3) is 3.85. The summed E-state index contributed by atoms with van der Waals surface area (Å²) < 4.78 is 29.2. The Morgan fingerprint density at radius 1 is 1.00 bits per heavy atom. The first-order valence-electron chi connectivity index (χ1n) is 6.15. The van der Waals surface area contributed by atoms with Crippen molar-refractivity contribution in [2.75, 3.05) is 11.8 Å². The number of rotatable bonds is 5. The van der Waals surface area contributed by atoms with Gasteiger partial charge in [-0.25, -0.2) is 8.42 Å². The van der Waals surface area contributed by atoms with Crippen molar-refractivity contribution < 1.29 is 8.42 Å². The predicted molar refractivity (Wildman–Crippen MR) is 91.9 cm³/mol. The van der Waals surface area contributed by atoms with E-state index in [1.54, 1.807) is 37.4 Å². The number of nitrogens with one attached hydrogen (secondary N) is 2. The minimum absolute atomic E-state index is 0.266. The molecule has 0 fully saturated rings. The van der Waals surface area contributed by atoms with Crippen molar-refractivity contribution in [3.63, 3.8) is 0 Å². The molecule has 21 heavy (non-hydrogen) atoms. The van der Waals surface area contributed by atoms with Crippen LogP contribution in [-0.4, -0.2) is 15.5 Å². The fraction of sp³-hybridized carbons (Fsp3) is 0.143. The molecule has 2 rings (SSSR count). The second-order valence-electron chi connectivity index (χ2n) is 4.34. The highest BCUT2D eigenvalue weighted by Gasteiger charge is 2.20. The van der Waals surface area contributed by atoms with Crippen LogP contribution in [0.5, 0.6) is 0 Å². The van der Waals surface area contributed by atoms with Gasteiger partial charge in [-0.05, 0) is 62.7 Å². The molecule has 4 nitrogen and oxygen atoms in total. The summed E-state index contributed by atoms with van der Waals surface area (Å²) in [5.74, 6) is 0. The quantitative estimate of drug-likeness (QED) is 0.755. The Labute approximate surface area is 141 Å². The van der Waals surface area contributed by atoms with Crippen LogP contribution >= 0.6 is 31.9 Å². The molecule has 0 aliphatic rings. The van der Waals surface area contributed by atoms with Gasteiger partial charge < -0.3 is 5.32 Å². The van der Waals surface area contributed by atoms with Crippen LogP contribution in [0.2, 0.25) is 0 Å². The van der Waals surface area contributed by atoms with Gasteiger partial charge in [0.15, 0.2) is 0 Å². The predicted octanol–water partition coefficient (Wildman–Crippen LogP) is 3.73. The van der Waals surface area contributed by atoms with Gasteiger partial charge in [-0.2, -0.15) is 0 Å². The van der Waals surface area contributed by atoms with Crippen molar-refractivity contribution in [2.45, 2.75) is 11.4 Å². The molecule has 0 amide bonds. The van der Waals surface area contributed by atoms with Gasteiger partial charge in [0.05, 0.1) is 10.6 Å². The molecular weight excluding hydrogens is 420 g/mol. The summed E-state index contributed by atoms with van der Waals surface area (Å²) in [6.07, 6.45) is 0. The zero-order valence-corrected chi connectivity index (χ0v) is 15.2. The summed E-state index contributed by atoms with van der Waals surface area (Å²) in [5, 5.41) is 2.97. The largest absolute Gasteiger partial charge is 0.316 e. The maximum absolute atomic E-state index is 12.6. The van der Waals surface area contributed by atoms with Crippen molar-refractivity contribution >= 4 is 47.6 Å². The zero-order valence-electron chi connectivity index (χ0n) is 11.2. The molecule has 0 saturated carbocycles. The minimum atomic E-state index is -3.66. The molecule has 112 valence electrons. The Hall–Kier alpha value is -0.890. The van der Waals surface area contributed by atoms with Gasteiger partial charge in [0.2, 0.25) is 0 Å². The van der Waals surface area contributed by atoms with Crippen molar-refractivity contribution in [1.29, 1.82) is 0 Å². The fourth-order valence-corrected chi connectivity index (χ4v) is 4.69. The Balaban J connectivity index is 2.44. The monoisotopic (exact) mass is 432 g/mol. The maximum atomic E-state index is 12.6. The molecule has 0 heterocycles. The van der Waals surface area contributed by atoms with Gasteiger partial charge in [-0.15, -0.1) is 0 Å². The van der Waals surface area contributed by atoms with Crippen molar-refractivity contribution in [2.24, 2.45) is 0 Å². The Morgan fingerprint density at radius 2 is 1.62 bits per heavy atom. The lowest BCUT2D eigenvalue weighted by molar-refractivity contribution is 0.599. The number of sulfonamides is 1. The van der Waals surface area contributed by atoms with E-state index in [1.807, 2.05) is 12.1 Å². The fourth-order valence-electron chi connectivity index (χ4n) is 1.89. The molecule has 0 aromatic heterocycles. The van der Waals surface area contributed by atoms with E-state index in [0.717, 1.165) is 5.56 Å². The molecule has 2 aromatic carbocycles. The lowest BCUT2D eigenvalue weighted by atomic mass is 10.2. The Bertz CT molecular complexity index is 728. The number of halogens is 2. The third-order valence-electron chi connectivity index (χ3n) is 2.83. The van der Waals surface area contributed by atoms with Crippen LogP contribution < -0.4 is 10.0 Å². The average Bonchev–Trinajstić information content (AvgIpc) is 2.44. The summed E-state index contributed by atoms with van der Waals surface area (Å²) in [4.78, 5) is 0.266. The Morgan fingerprint density at radius 3 is 2.24 bits per heavy atom. The summed E-state index contributed by atoms with van der Waals surface area (Å²) in [5.41, 5.74) is 1.20. The lowest BCUT2D eigenvalue weighted by Crippen LogP contribution is -2.17. The van der Waals surface area contributed by atoms with Gasteiger partial charge >= 0.3 is 0 Å². The van der Waals surface area contributed by atoms with E-state index in [0.29, 0.717) is 21.2 Å². The van der Waals surface area contributed by atoms with E-state index in [2.05, 4.69) is 41.9 Å².